The summed E-state index contributed by atoms with van der Waals surface area (Å²) >= 11 is 7.18. The molecular formula is C14H19N3S2. The molecule has 102 valence electrons. The Labute approximate surface area is 122 Å². The first-order valence-electron chi connectivity index (χ1n) is 6.93. The van der Waals surface area contributed by atoms with Crippen molar-refractivity contribution in [3.63, 3.8) is 0 Å². The Morgan fingerprint density at radius 2 is 2.37 bits per heavy atom. The van der Waals surface area contributed by atoms with Crippen LogP contribution in [-0.4, -0.2) is 14.8 Å². The van der Waals surface area contributed by atoms with Crippen LogP contribution in [0.3, 0.4) is 0 Å². The van der Waals surface area contributed by atoms with Crippen molar-refractivity contribution in [1.82, 2.24) is 14.8 Å². The second kappa shape index (κ2) is 5.21. The van der Waals surface area contributed by atoms with E-state index in [4.69, 9.17) is 12.2 Å². The normalized spacial score (nSPS) is 26.9. The van der Waals surface area contributed by atoms with Crippen LogP contribution in [0.25, 0.3) is 10.7 Å². The summed E-state index contributed by atoms with van der Waals surface area (Å²) in [5.41, 5.74) is 0. The predicted octanol–water partition coefficient (Wildman–Crippen LogP) is 4.67. The number of nitrogens with one attached hydrogen (secondary N) is 1. The molecule has 1 saturated carbocycles. The van der Waals surface area contributed by atoms with Crippen molar-refractivity contribution < 1.29 is 0 Å². The van der Waals surface area contributed by atoms with E-state index in [0.29, 0.717) is 12.0 Å². The van der Waals surface area contributed by atoms with Gasteiger partial charge in [0.15, 0.2) is 10.6 Å². The fourth-order valence-electron chi connectivity index (χ4n) is 3.36. The maximum atomic E-state index is 5.46. The molecule has 0 aromatic carbocycles. The molecule has 0 spiro atoms. The number of aromatic nitrogens is 3. The highest BCUT2D eigenvalue weighted by Gasteiger charge is 2.34. The first-order valence-corrected chi connectivity index (χ1v) is 8.22. The molecule has 3 unspecified atom stereocenters. The van der Waals surface area contributed by atoms with Crippen LogP contribution < -0.4 is 0 Å². The molecule has 1 aliphatic carbocycles. The summed E-state index contributed by atoms with van der Waals surface area (Å²) in [4.78, 5) is 1.19. The third-order valence-corrected chi connectivity index (χ3v) is 5.64. The molecule has 5 heteroatoms. The fourth-order valence-corrected chi connectivity index (χ4v) is 4.33. The van der Waals surface area contributed by atoms with Crippen LogP contribution in [0.1, 0.15) is 39.2 Å². The van der Waals surface area contributed by atoms with Gasteiger partial charge in [-0.25, -0.2) is 0 Å². The number of hydrogen-bond acceptors (Lipinski definition) is 3. The Kier molecular flexibility index (Phi) is 3.58. The number of rotatable bonds is 3. The highest BCUT2D eigenvalue weighted by Crippen LogP contribution is 2.43. The number of H-pyrrole nitrogens is 1. The molecule has 0 amide bonds. The Morgan fingerprint density at radius 3 is 3.00 bits per heavy atom. The van der Waals surface area contributed by atoms with Gasteiger partial charge in [-0.1, -0.05) is 26.3 Å². The minimum Gasteiger partial charge on any atom is -0.296 e. The van der Waals surface area contributed by atoms with E-state index in [2.05, 4.69) is 46.1 Å². The third kappa shape index (κ3) is 2.19. The van der Waals surface area contributed by atoms with Crippen molar-refractivity contribution >= 4 is 23.6 Å². The van der Waals surface area contributed by atoms with Crippen LogP contribution in [0.2, 0.25) is 0 Å². The quantitative estimate of drug-likeness (QED) is 0.835. The number of hydrogen-bond donors (Lipinski definition) is 1. The summed E-state index contributed by atoms with van der Waals surface area (Å²) in [5, 5.41) is 9.51. The van der Waals surface area contributed by atoms with Gasteiger partial charge in [-0.3, -0.25) is 9.67 Å². The third-order valence-electron chi connectivity index (χ3n) is 4.49. The van der Waals surface area contributed by atoms with Gasteiger partial charge in [0.25, 0.3) is 0 Å². The lowest BCUT2D eigenvalue weighted by Gasteiger charge is -2.22. The van der Waals surface area contributed by atoms with Gasteiger partial charge in [0.2, 0.25) is 0 Å². The minimum absolute atomic E-state index is 0.494. The zero-order valence-corrected chi connectivity index (χ0v) is 12.9. The van der Waals surface area contributed by atoms with E-state index < -0.39 is 0 Å². The predicted molar refractivity (Wildman–Crippen MR) is 81.9 cm³/mol. The summed E-state index contributed by atoms with van der Waals surface area (Å²) in [6.07, 6.45) is 3.78. The fraction of sp³-hybridized carbons (Fsp3) is 0.571. The van der Waals surface area contributed by atoms with Gasteiger partial charge < -0.3 is 0 Å². The SMILES string of the molecule is CCC1CCC(n2c(-c3cccs3)n[nH]c2=S)C1C. The first kappa shape index (κ1) is 13.1. The smallest absolute Gasteiger partial charge is 0.195 e. The van der Waals surface area contributed by atoms with Crippen molar-refractivity contribution in [3.05, 3.63) is 22.3 Å². The summed E-state index contributed by atoms with van der Waals surface area (Å²) in [7, 11) is 0. The van der Waals surface area contributed by atoms with E-state index in [-0.39, 0.29) is 0 Å². The number of thiophene rings is 1. The summed E-state index contributed by atoms with van der Waals surface area (Å²) in [6.45, 7) is 4.65. The Hall–Kier alpha value is -0.940. The lowest BCUT2D eigenvalue weighted by atomic mass is 9.93. The minimum atomic E-state index is 0.494. The Bertz CT molecular complexity index is 596. The molecule has 0 bridgehead atoms. The van der Waals surface area contributed by atoms with Crippen molar-refractivity contribution in [2.45, 2.75) is 39.2 Å². The van der Waals surface area contributed by atoms with E-state index in [1.54, 1.807) is 11.3 Å². The van der Waals surface area contributed by atoms with Gasteiger partial charge in [0, 0.05) is 6.04 Å². The molecule has 1 aliphatic rings. The van der Waals surface area contributed by atoms with E-state index in [1.165, 1.54) is 24.1 Å². The van der Waals surface area contributed by atoms with Gasteiger partial charge in [0.05, 0.1) is 4.88 Å². The number of nitrogens with zero attached hydrogens (tertiary/aromatic N) is 2. The molecule has 3 nitrogen and oxygen atoms in total. The highest BCUT2D eigenvalue weighted by molar-refractivity contribution is 7.71. The monoisotopic (exact) mass is 293 g/mol. The molecular weight excluding hydrogens is 274 g/mol. The van der Waals surface area contributed by atoms with Gasteiger partial charge in [-0.05, 0) is 48.3 Å². The van der Waals surface area contributed by atoms with Crippen LogP contribution in [0.5, 0.6) is 0 Å². The second-order valence-corrected chi connectivity index (χ2v) is 6.71. The molecule has 1 fully saturated rings. The molecule has 1 N–H and O–H groups in total. The standard InChI is InChI=1S/C14H19N3S2/c1-3-10-6-7-11(9(10)2)17-13(15-16-14(17)18)12-5-4-8-19-12/h4-5,8-11H,3,6-7H2,1-2H3,(H,16,18). The maximum Gasteiger partial charge on any atom is 0.195 e. The molecule has 2 aromatic heterocycles. The molecule has 0 saturated heterocycles. The Morgan fingerprint density at radius 1 is 1.53 bits per heavy atom. The molecule has 0 radical (unpaired) electrons. The van der Waals surface area contributed by atoms with Crippen molar-refractivity contribution in [1.29, 1.82) is 0 Å². The van der Waals surface area contributed by atoms with E-state index in [0.717, 1.165) is 16.5 Å². The van der Waals surface area contributed by atoms with Gasteiger partial charge in [-0.15, -0.1) is 11.3 Å². The second-order valence-electron chi connectivity index (χ2n) is 5.37. The van der Waals surface area contributed by atoms with Gasteiger partial charge >= 0.3 is 0 Å². The number of aromatic amines is 1. The zero-order valence-electron chi connectivity index (χ0n) is 11.3. The zero-order chi connectivity index (χ0) is 13.4. The average Bonchev–Trinajstić information content (AvgIpc) is 3.09. The molecule has 2 heterocycles. The summed E-state index contributed by atoms with van der Waals surface area (Å²) in [6, 6.07) is 4.67. The Balaban J connectivity index is 2.02. The van der Waals surface area contributed by atoms with Crippen LogP contribution in [-0.2, 0) is 0 Å². The van der Waals surface area contributed by atoms with Crippen LogP contribution in [0.15, 0.2) is 17.5 Å². The average molecular weight is 293 g/mol. The molecule has 3 atom stereocenters. The molecule has 3 rings (SSSR count). The van der Waals surface area contributed by atoms with Crippen LogP contribution in [0, 0.1) is 16.6 Å². The van der Waals surface area contributed by atoms with Gasteiger partial charge in [-0.2, -0.15) is 5.10 Å². The lowest BCUT2D eigenvalue weighted by Crippen LogP contribution is -2.16. The molecule has 2 aromatic rings. The van der Waals surface area contributed by atoms with E-state index in [9.17, 15) is 0 Å². The van der Waals surface area contributed by atoms with Crippen LogP contribution >= 0.6 is 23.6 Å². The highest BCUT2D eigenvalue weighted by atomic mass is 32.1. The van der Waals surface area contributed by atoms with E-state index >= 15 is 0 Å². The lowest BCUT2D eigenvalue weighted by molar-refractivity contribution is 0.329. The van der Waals surface area contributed by atoms with Crippen LogP contribution in [0.4, 0.5) is 0 Å². The summed E-state index contributed by atoms with van der Waals surface area (Å²) in [5.74, 6) is 2.50. The van der Waals surface area contributed by atoms with E-state index in [1.807, 2.05) is 0 Å². The van der Waals surface area contributed by atoms with Gasteiger partial charge in [0.1, 0.15) is 0 Å². The maximum absolute atomic E-state index is 5.46. The van der Waals surface area contributed by atoms with Crippen molar-refractivity contribution in [3.8, 4) is 10.7 Å². The largest absolute Gasteiger partial charge is 0.296 e. The van der Waals surface area contributed by atoms with Crippen molar-refractivity contribution in [2.24, 2.45) is 11.8 Å². The first-order chi connectivity index (χ1) is 9.22. The molecule has 19 heavy (non-hydrogen) atoms. The summed E-state index contributed by atoms with van der Waals surface area (Å²) < 4.78 is 3.01. The van der Waals surface area contributed by atoms with Crippen molar-refractivity contribution in [2.75, 3.05) is 0 Å². The topological polar surface area (TPSA) is 33.6 Å². The molecule has 0 aliphatic heterocycles.